The summed E-state index contributed by atoms with van der Waals surface area (Å²) in [6.07, 6.45) is 3.88. The smallest absolute Gasteiger partial charge is 0.335 e. The maximum atomic E-state index is 11.7. The average molecular weight is 560 g/mol. The van der Waals surface area contributed by atoms with Crippen LogP contribution in [0.4, 0.5) is 0 Å². The van der Waals surface area contributed by atoms with E-state index >= 15 is 0 Å². The zero-order valence-electron chi connectivity index (χ0n) is 23.4. The highest BCUT2D eigenvalue weighted by Crippen LogP contribution is 2.30. The number of carboxylic acid groups (broad SMARTS) is 1. The predicted octanol–water partition coefficient (Wildman–Crippen LogP) is 5.66. The second-order valence-electron chi connectivity index (χ2n) is 10.4. The topological polar surface area (TPSA) is 123 Å². The molecule has 5 aromatic rings. The van der Waals surface area contributed by atoms with Gasteiger partial charge in [-0.25, -0.2) is 14.8 Å². The Labute approximate surface area is 243 Å². The number of methoxy groups -OCH3 is 1. The molecule has 4 heterocycles. The number of fused-ring (bicyclic) bond motifs is 8. The zero-order chi connectivity index (χ0) is 29.2. The third-order valence-corrected chi connectivity index (χ3v) is 7.72. The highest BCUT2D eigenvalue weighted by Gasteiger charge is 2.18. The van der Waals surface area contributed by atoms with Crippen LogP contribution in [0, 0.1) is 11.3 Å². The normalized spacial score (nSPS) is 13.0. The van der Waals surface area contributed by atoms with Crippen molar-refractivity contribution < 1.29 is 19.4 Å². The van der Waals surface area contributed by atoms with E-state index < -0.39 is 5.97 Å². The molecule has 0 amide bonds. The minimum atomic E-state index is -1.02. The second-order valence-corrected chi connectivity index (χ2v) is 10.4. The summed E-state index contributed by atoms with van der Waals surface area (Å²) in [6, 6.07) is 21.2. The summed E-state index contributed by atoms with van der Waals surface area (Å²) < 4.78 is 13.4. The van der Waals surface area contributed by atoms with Crippen molar-refractivity contribution in [1.82, 2.24) is 19.5 Å². The molecule has 6 rings (SSSR count). The summed E-state index contributed by atoms with van der Waals surface area (Å²) in [7, 11) is 3.42. The van der Waals surface area contributed by atoms with Crippen LogP contribution in [0.2, 0.25) is 0 Å². The van der Waals surface area contributed by atoms with Crippen LogP contribution in [0.1, 0.15) is 57.1 Å². The summed E-state index contributed by atoms with van der Waals surface area (Å²) in [6.45, 7) is 0.274. The molecular weight excluding hydrogens is 530 g/mol. The fourth-order valence-electron chi connectivity index (χ4n) is 5.43. The van der Waals surface area contributed by atoms with Crippen LogP contribution in [0.3, 0.4) is 0 Å². The van der Waals surface area contributed by atoms with Gasteiger partial charge in [0.05, 0.1) is 40.8 Å². The second kappa shape index (κ2) is 11.3. The van der Waals surface area contributed by atoms with Crippen molar-refractivity contribution in [1.29, 1.82) is 5.26 Å². The van der Waals surface area contributed by atoms with Gasteiger partial charge in [0.2, 0.25) is 5.88 Å². The number of pyridine rings is 2. The Morgan fingerprint density at radius 1 is 1.07 bits per heavy atom. The third kappa shape index (κ3) is 5.27. The lowest BCUT2D eigenvalue weighted by Crippen LogP contribution is -2.04. The number of rotatable bonds is 4. The first-order valence-corrected chi connectivity index (χ1v) is 13.8. The van der Waals surface area contributed by atoms with Crippen molar-refractivity contribution in [3.05, 3.63) is 100 Å². The summed E-state index contributed by atoms with van der Waals surface area (Å²) in [5.41, 5.74) is 7.77. The van der Waals surface area contributed by atoms with Gasteiger partial charge in [0, 0.05) is 25.1 Å². The highest BCUT2D eigenvalue weighted by molar-refractivity contribution is 5.95. The van der Waals surface area contributed by atoms with Crippen LogP contribution in [-0.4, -0.2) is 37.7 Å². The average Bonchev–Trinajstić information content (AvgIpc) is 3.32. The van der Waals surface area contributed by atoms with Crippen molar-refractivity contribution in [3.8, 4) is 29.0 Å². The molecule has 0 fully saturated rings. The van der Waals surface area contributed by atoms with Gasteiger partial charge < -0.3 is 19.1 Å². The monoisotopic (exact) mass is 559 g/mol. The maximum Gasteiger partial charge on any atom is 0.335 e. The van der Waals surface area contributed by atoms with Crippen molar-refractivity contribution in [3.63, 3.8) is 0 Å². The van der Waals surface area contributed by atoms with E-state index in [9.17, 15) is 15.2 Å². The molecule has 2 aromatic carbocycles. The van der Waals surface area contributed by atoms with Gasteiger partial charge in [-0.15, -0.1) is 0 Å². The molecule has 0 saturated carbocycles. The van der Waals surface area contributed by atoms with E-state index in [0.29, 0.717) is 41.1 Å². The van der Waals surface area contributed by atoms with E-state index in [1.807, 2.05) is 41.9 Å². The Balaban J connectivity index is 1.38. The van der Waals surface area contributed by atoms with E-state index in [1.165, 1.54) is 18.7 Å². The molecule has 1 aliphatic heterocycles. The Morgan fingerprint density at radius 2 is 1.93 bits per heavy atom. The first kappa shape index (κ1) is 27.0. The molecule has 9 heteroatoms. The van der Waals surface area contributed by atoms with Crippen molar-refractivity contribution in [2.75, 3.05) is 7.11 Å². The Bertz CT molecular complexity index is 1870. The molecule has 9 nitrogen and oxygen atoms in total. The quantitative estimate of drug-likeness (QED) is 0.299. The van der Waals surface area contributed by atoms with Gasteiger partial charge in [0.15, 0.2) is 0 Å². The van der Waals surface area contributed by atoms with Gasteiger partial charge in [-0.2, -0.15) is 5.26 Å². The summed E-state index contributed by atoms with van der Waals surface area (Å²) in [4.78, 5) is 26.0. The van der Waals surface area contributed by atoms with Crippen molar-refractivity contribution in [2.24, 2.45) is 7.05 Å². The molecule has 1 N–H and O–H groups in total. The fourth-order valence-corrected chi connectivity index (χ4v) is 5.43. The van der Waals surface area contributed by atoms with Gasteiger partial charge in [0.1, 0.15) is 29.8 Å². The SMILES string of the molecule is COc1cc(C(=O)O)cc2c1nc(Cc1ccc3cc1CCCCc1nc(ccc1C#N)COc1cccc-3n1)n2C. The Morgan fingerprint density at radius 3 is 2.74 bits per heavy atom. The number of aryl methyl sites for hydroxylation is 3. The van der Waals surface area contributed by atoms with Gasteiger partial charge in [-0.3, -0.25) is 4.98 Å². The van der Waals surface area contributed by atoms with E-state index in [-0.39, 0.29) is 12.2 Å². The van der Waals surface area contributed by atoms with E-state index in [0.717, 1.165) is 53.3 Å². The molecule has 1 aliphatic rings. The minimum absolute atomic E-state index is 0.154. The predicted molar refractivity (Wildman–Crippen MR) is 157 cm³/mol. The molecule has 0 radical (unpaired) electrons. The lowest BCUT2D eigenvalue weighted by molar-refractivity contribution is 0.0696. The van der Waals surface area contributed by atoms with Gasteiger partial charge in [0.25, 0.3) is 0 Å². The highest BCUT2D eigenvalue weighted by atomic mass is 16.5. The number of carboxylic acids is 1. The molecule has 42 heavy (non-hydrogen) atoms. The minimum Gasteiger partial charge on any atom is -0.494 e. The molecule has 210 valence electrons. The van der Waals surface area contributed by atoms with E-state index in [1.54, 1.807) is 6.07 Å². The molecule has 0 atom stereocenters. The van der Waals surface area contributed by atoms with Crippen molar-refractivity contribution >= 4 is 17.0 Å². The number of aromatic carboxylic acids is 1. The molecule has 6 bridgehead atoms. The van der Waals surface area contributed by atoms with Crippen LogP contribution in [-0.2, 0) is 32.9 Å². The lowest BCUT2D eigenvalue weighted by atomic mass is 9.95. The summed E-state index contributed by atoms with van der Waals surface area (Å²) in [5, 5.41) is 19.2. The largest absolute Gasteiger partial charge is 0.494 e. The van der Waals surface area contributed by atoms with Crippen LogP contribution in [0.5, 0.6) is 11.6 Å². The van der Waals surface area contributed by atoms with Gasteiger partial charge in [-0.05, 0) is 73.2 Å². The molecule has 0 saturated heterocycles. The number of benzene rings is 2. The third-order valence-electron chi connectivity index (χ3n) is 7.72. The van der Waals surface area contributed by atoms with Crippen molar-refractivity contribution in [2.45, 2.75) is 38.7 Å². The number of ether oxygens (including phenoxy) is 2. The number of aromatic nitrogens is 4. The first-order chi connectivity index (χ1) is 20.4. The number of nitriles is 1. The van der Waals surface area contributed by atoms with E-state index in [4.69, 9.17) is 24.4 Å². The number of hydrogen-bond acceptors (Lipinski definition) is 7. The molecule has 0 spiro atoms. The molecular formula is C33H29N5O4. The number of imidazole rings is 1. The number of hydrogen-bond donors (Lipinski definition) is 1. The van der Waals surface area contributed by atoms with Crippen LogP contribution in [0.15, 0.2) is 60.7 Å². The van der Waals surface area contributed by atoms with Crippen LogP contribution >= 0.6 is 0 Å². The molecule has 0 unspecified atom stereocenters. The standard InChI is InChI=1S/C33H29N5O4/c1-38-28-15-24(33(39)40)16-29(41-2)32(28)37-30(38)17-21-10-11-22-14-20(21)6-3-4-7-27-23(18-34)12-13-25(35-27)19-42-31-9-5-8-26(22)36-31/h5,8-16H,3-4,6-7,17,19H2,1-2H3,(H,39,40). The Kier molecular flexibility index (Phi) is 7.28. The van der Waals surface area contributed by atoms with Gasteiger partial charge in [-0.1, -0.05) is 18.2 Å². The number of carbonyl (C=O) groups is 1. The Hall–Kier alpha value is -5.23. The number of nitrogens with zero attached hydrogens (tertiary/aromatic N) is 5. The van der Waals surface area contributed by atoms with Crippen LogP contribution in [0.25, 0.3) is 22.3 Å². The summed E-state index contributed by atoms with van der Waals surface area (Å²) in [5.74, 6) is 0.731. The van der Waals surface area contributed by atoms with E-state index in [2.05, 4.69) is 24.3 Å². The van der Waals surface area contributed by atoms with Gasteiger partial charge >= 0.3 is 5.97 Å². The van der Waals surface area contributed by atoms with Crippen LogP contribution < -0.4 is 9.47 Å². The fraction of sp³-hybridized carbons (Fsp3) is 0.242. The maximum absolute atomic E-state index is 11.7. The first-order valence-electron chi connectivity index (χ1n) is 13.8. The zero-order valence-corrected chi connectivity index (χ0v) is 23.4. The lowest BCUT2D eigenvalue weighted by Gasteiger charge is -2.13. The molecule has 3 aromatic heterocycles. The summed E-state index contributed by atoms with van der Waals surface area (Å²) >= 11 is 0. The molecule has 0 aliphatic carbocycles.